The molecule has 1 aliphatic heterocycles. The van der Waals surface area contributed by atoms with E-state index in [0.29, 0.717) is 0 Å². The van der Waals surface area contributed by atoms with Crippen LogP contribution in [0.1, 0.15) is 11.1 Å². The van der Waals surface area contributed by atoms with Crippen LogP contribution in [0.2, 0.25) is 0 Å². The van der Waals surface area contributed by atoms with E-state index in [9.17, 15) is 0 Å². The molecule has 2 nitrogen and oxygen atoms in total. The predicted molar refractivity (Wildman–Crippen MR) is 90.0 cm³/mol. The first kappa shape index (κ1) is 11.9. The van der Waals surface area contributed by atoms with Gasteiger partial charge in [-0.1, -0.05) is 49.0 Å². The lowest BCUT2D eigenvalue weighted by Crippen LogP contribution is -2.00. The minimum absolute atomic E-state index is 0.740. The molecule has 1 heterocycles. The smallest absolute Gasteiger partial charge is 0.0788 e. The van der Waals surface area contributed by atoms with Crippen LogP contribution in [0.3, 0.4) is 0 Å². The molecule has 3 aromatic carbocycles. The third kappa shape index (κ3) is 1.77. The molecule has 0 aromatic heterocycles. The van der Waals surface area contributed by atoms with Gasteiger partial charge >= 0.3 is 0 Å². The fraction of sp³-hybridized carbons (Fsp3) is 0. The standard InChI is InChI=1S/C19H14N2/c1-12-17-11-14(20)9-10-18(17)21-19(12)16-8-4-6-13-5-2-3-7-15(13)16/h2-11H,1,20H2. The number of nitrogen functional groups attached to an aromatic ring is 1. The summed E-state index contributed by atoms with van der Waals surface area (Å²) in [5.74, 6) is 0. The zero-order chi connectivity index (χ0) is 14.4. The molecule has 100 valence electrons. The molecule has 3 aromatic rings. The van der Waals surface area contributed by atoms with Gasteiger partial charge in [-0.15, -0.1) is 0 Å². The van der Waals surface area contributed by atoms with E-state index in [1.165, 1.54) is 10.8 Å². The average Bonchev–Trinajstić information content (AvgIpc) is 2.83. The molecule has 0 atom stereocenters. The second-order valence-corrected chi connectivity index (χ2v) is 5.24. The van der Waals surface area contributed by atoms with Crippen LogP contribution in [0.4, 0.5) is 11.4 Å². The van der Waals surface area contributed by atoms with Gasteiger partial charge in [-0.05, 0) is 29.0 Å². The van der Waals surface area contributed by atoms with Crippen molar-refractivity contribution in [2.45, 2.75) is 0 Å². The van der Waals surface area contributed by atoms with Crippen molar-refractivity contribution in [3.05, 3.63) is 78.4 Å². The maximum Gasteiger partial charge on any atom is 0.0788 e. The number of hydrogen-bond acceptors (Lipinski definition) is 2. The molecular formula is C19H14N2. The van der Waals surface area contributed by atoms with E-state index >= 15 is 0 Å². The summed E-state index contributed by atoms with van der Waals surface area (Å²) in [5.41, 5.74) is 11.6. The third-order valence-electron chi connectivity index (χ3n) is 3.91. The number of benzene rings is 3. The minimum Gasteiger partial charge on any atom is -0.399 e. The Hall–Kier alpha value is -2.87. The van der Waals surface area contributed by atoms with Crippen LogP contribution >= 0.6 is 0 Å². The van der Waals surface area contributed by atoms with Crippen molar-refractivity contribution in [1.29, 1.82) is 0 Å². The highest BCUT2D eigenvalue weighted by Crippen LogP contribution is 2.38. The Morgan fingerprint density at radius 1 is 0.857 bits per heavy atom. The van der Waals surface area contributed by atoms with Gasteiger partial charge < -0.3 is 5.73 Å². The van der Waals surface area contributed by atoms with Crippen LogP contribution in [-0.2, 0) is 0 Å². The van der Waals surface area contributed by atoms with Crippen LogP contribution in [0.25, 0.3) is 16.3 Å². The zero-order valence-electron chi connectivity index (χ0n) is 11.5. The number of rotatable bonds is 1. The van der Waals surface area contributed by atoms with E-state index in [-0.39, 0.29) is 0 Å². The Morgan fingerprint density at radius 3 is 2.57 bits per heavy atom. The van der Waals surface area contributed by atoms with Crippen molar-refractivity contribution in [1.82, 2.24) is 0 Å². The van der Waals surface area contributed by atoms with Crippen molar-refractivity contribution in [2.24, 2.45) is 4.99 Å². The van der Waals surface area contributed by atoms with Crippen LogP contribution in [0.5, 0.6) is 0 Å². The summed E-state index contributed by atoms with van der Waals surface area (Å²) in [7, 11) is 0. The molecule has 0 radical (unpaired) electrons. The normalized spacial score (nSPS) is 13.3. The van der Waals surface area contributed by atoms with E-state index in [1.807, 2.05) is 24.3 Å². The summed E-state index contributed by atoms with van der Waals surface area (Å²) in [6.07, 6.45) is 0. The molecule has 0 fully saturated rings. The van der Waals surface area contributed by atoms with E-state index in [2.05, 4.69) is 43.0 Å². The van der Waals surface area contributed by atoms with Gasteiger partial charge in [0.2, 0.25) is 0 Å². The Labute approximate surface area is 123 Å². The topological polar surface area (TPSA) is 38.4 Å². The molecule has 0 saturated carbocycles. The average molecular weight is 270 g/mol. The highest BCUT2D eigenvalue weighted by Gasteiger charge is 2.21. The largest absolute Gasteiger partial charge is 0.399 e. The molecule has 1 aliphatic rings. The van der Waals surface area contributed by atoms with Crippen LogP contribution in [0.15, 0.2) is 72.2 Å². The van der Waals surface area contributed by atoms with Gasteiger partial charge in [0.05, 0.1) is 11.4 Å². The van der Waals surface area contributed by atoms with Crippen LogP contribution in [0, 0.1) is 0 Å². The van der Waals surface area contributed by atoms with E-state index < -0.39 is 0 Å². The lowest BCUT2D eigenvalue weighted by atomic mass is 9.95. The van der Waals surface area contributed by atoms with E-state index in [0.717, 1.165) is 33.8 Å². The number of fused-ring (bicyclic) bond motifs is 2. The first-order valence-electron chi connectivity index (χ1n) is 6.90. The summed E-state index contributed by atoms with van der Waals surface area (Å²) >= 11 is 0. The number of nitrogens with zero attached hydrogens (tertiary/aromatic N) is 1. The quantitative estimate of drug-likeness (QED) is 0.646. The van der Waals surface area contributed by atoms with Gasteiger partial charge in [0, 0.05) is 22.4 Å². The number of hydrogen-bond donors (Lipinski definition) is 1. The van der Waals surface area contributed by atoms with Crippen LogP contribution in [-0.4, -0.2) is 5.71 Å². The van der Waals surface area contributed by atoms with Crippen molar-refractivity contribution in [2.75, 3.05) is 5.73 Å². The molecule has 0 unspecified atom stereocenters. The maximum atomic E-state index is 5.88. The Balaban J connectivity index is 1.94. The molecular weight excluding hydrogens is 256 g/mol. The number of nitrogens with two attached hydrogens (primary N) is 1. The summed E-state index contributed by atoms with van der Waals surface area (Å²) < 4.78 is 0. The van der Waals surface area contributed by atoms with Gasteiger partial charge in [-0.3, -0.25) is 0 Å². The molecule has 0 aliphatic carbocycles. The summed E-state index contributed by atoms with van der Waals surface area (Å²) in [6, 6.07) is 20.4. The van der Waals surface area contributed by atoms with Gasteiger partial charge in [-0.25, -0.2) is 4.99 Å². The monoisotopic (exact) mass is 270 g/mol. The molecule has 2 N–H and O–H groups in total. The molecule has 0 amide bonds. The Bertz CT molecular complexity index is 915. The first-order valence-corrected chi connectivity index (χ1v) is 6.90. The molecule has 0 spiro atoms. The number of anilines is 1. The fourth-order valence-electron chi connectivity index (χ4n) is 2.86. The van der Waals surface area contributed by atoms with E-state index in [4.69, 9.17) is 10.7 Å². The Morgan fingerprint density at radius 2 is 1.67 bits per heavy atom. The highest BCUT2D eigenvalue weighted by atomic mass is 14.8. The van der Waals surface area contributed by atoms with Crippen molar-refractivity contribution >= 4 is 33.4 Å². The lowest BCUT2D eigenvalue weighted by Gasteiger charge is -2.07. The first-order chi connectivity index (χ1) is 10.2. The fourth-order valence-corrected chi connectivity index (χ4v) is 2.86. The molecule has 0 bridgehead atoms. The summed E-state index contributed by atoms with van der Waals surface area (Å²) in [5, 5.41) is 2.40. The minimum atomic E-state index is 0.740. The highest BCUT2D eigenvalue weighted by molar-refractivity contribution is 6.38. The second kappa shape index (κ2) is 4.32. The van der Waals surface area contributed by atoms with Crippen molar-refractivity contribution in [3.8, 4) is 0 Å². The number of allylic oxidation sites excluding steroid dienone is 1. The van der Waals surface area contributed by atoms with Gasteiger partial charge in [0.25, 0.3) is 0 Å². The zero-order valence-corrected chi connectivity index (χ0v) is 11.5. The van der Waals surface area contributed by atoms with Crippen molar-refractivity contribution in [3.63, 3.8) is 0 Å². The predicted octanol–water partition coefficient (Wildman–Crippen LogP) is 4.57. The SMILES string of the molecule is C=C1C(c2cccc3ccccc23)=Nc2ccc(N)cc21. The number of aliphatic imine (C=N–C) groups is 1. The molecule has 4 rings (SSSR count). The van der Waals surface area contributed by atoms with E-state index in [1.54, 1.807) is 0 Å². The lowest BCUT2D eigenvalue weighted by molar-refractivity contribution is 1.54. The van der Waals surface area contributed by atoms with Crippen molar-refractivity contribution < 1.29 is 0 Å². The van der Waals surface area contributed by atoms with Crippen LogP contribution < -0.4 is 5.73 Å². The van der Waals surface area contributed by atoms with Gasteiger partial charge in [0.1, 0.15) is 0 Å². The second-order valence-electron chi connectivity index (χ2n) is 5.24. The van der Waals surface area contributed by atoms with Gasteiger partial charge in [-0.2, -0.15) is 0 Å². The molecule has 21 heavy (non-hydrogen) atoms. The maximum absolute atomic E-state index is 5.88. The summed E-state index contributed by atoms with van der Waals surface area (Å²) in [4.78, 5) is 4.76. The summed E-state index contributed by atoms with van der Waals surface area (Å²) in [6.45, 7) is 4.21. The molecule has 2 heteroatoms. The van der Waals surface area contributed by atoms with Gasteiger partial charge in [0.15, 0.2) is 0 Å². The Kier molecular flexibility index (Phi) is 2.45. The molecule has 0 saturated heterocycles. The third-order valence-corrected chi connectivity index (χ3v) is 3.91.